The summed E-state index contributed by atoms with van der Waals surface area (Å²) in [4.78, 5) is 45.6. The second kappa shape index (κ2) is 12.0. The highest BCUT2D eigenvalue weighted by Crippen LogP contribution is 2.30. The molecule has 0 saturated carbocycles. The highest BCUT2D eigenvalue weighted by molar-refractivity contribution is 5.95. The third-order valence-corrected chi connectivity index (χ3v) is 4.31. The Balaban J connectivity index is 1.92. The van der Waals surface area contributed by atoms with Crippen molar-refractivity contribution in [3.63, 3.8) is 0 Å². The van der Waals surface area contributed by atoms with Crippen LogP contribution in [0.3, 0.4) is 0 Å². The molecule has 2 N–H and O–H groups in total. The average molecular weight is 460 g/mol. The van der Waals surface area contributed by atoms with E-state index in [4.69, 9.17) is 9.47 Å². The SMILES string of the molecule is CCOc1ccc(NC(=O)CCCC(=O)Nc2ccc(OCC)cc2[N+](=O)[O-])c([N+](=O)[O-])c1. The van der Waals surface area contributed by atoms with Gasteiger partial charge in [-0.05, 0) is 44.5 Å². The van der Waals surface area contributed by atoms with Crippen molar-refractivity contribution in [2.24, 2.45) is 0 Å². The number of hydrogen-bond acceptors (Lipinski definition) is 8. The van der Waals surface area contributed by atoms with Gasteiger partial charge in [0.1, 0.15) is 22.9 Å². The molecule has 0 aliphatic rings. The summed E-state index contributed by atoms with van der Waals surface area (Å²) in [5.74, 6) is -0.409. The molecule has 12 heteroatoms. The molecular formula is C21H24N4O8. The van der Waals surface area contributed by atoms with Gasteiger partial charge >= 0.3 is 0 Å². The maximum absolute atomic E-state index is 12.2. The average Bonchev–Trinajstić information content (AvgIpc) is 2.76. The number of nitrogens with one attached hydrogen (secondary N) is 2. The van der Waals surface area contributed by atoms with Gasteiger partial charge in [-0.1, -0.05) is 0 Å². The fraction of sp³-hybridized carbons (Fsp3) is 0.333. The van der Waals surface area contributed by atoms with E-state index in [-0.39, 0.29) is 42.0 Å². The first-order valence-corrected chi connectivity index (χ1v) is 10.2. The standard InChI is InChI=1S/C21H24N4O8/c1-3-32-14-8-10-16(18(12-14)24(28)29)22-20(26)6-5-7-21(27)23-17-11-9-15(33-4-2)13-19(17)25(30)31/h8-13H,3-7H2,1-2H3,(H,22,26)(H,23,27). The first-order valence-electron chi connectivity index (χ1n) is 10.2. The molecule has 2 aromatic rings. The smallest absolute Gasteiger partial charge is 0.296 e. The topological polar surface area (TPSA) is 163 Å². The van der Waals surface area contributed by atoms with E-state index in [1.54, 1.807) is 13.8 Å². The van der Waals surface area contributed by atoms with E-state index in [2.05, 4.69) is 10.6 Å². The molecule has 0 fully saturated rings. The Hall–Kier alpha value is -4.22. The van der Waals surface area contributed by atoms with Gasteiger partial charge in [0.15, 0.2) is 0 Å². The normalized spacial score (nSPS) is 10.2. The van der Waals surface area contributed by atoms with Crippen molar-refractivity contribution in [2.45, 2.75) is 33.1 Å². The number of carbonyl (C=O) groups excluding carboxylic acids is 2. The number of nitro groups is 2. The summed E-state index contributed by atoms with van der Waals surface area (Å²) in [7, 11) is 0. The molecule has 0 bridgehead atoms. The van der Waals surface area contributed by atoms with Crippen LogP contribution in [0.4, 0.5) is 22.7 Å². The Labute approximate surface area is 189 Å². The van der Waals surface area contributed by atoms with Crippen LogP contribution in [-0.4, -0.2) is 34.9 Å². The van der Waals surface area contributed by atoms with Crippen LogP contribution < -0.4 is 20.1 Å². The van der Waals surface area contributed by atoms with Gasteiger partial charge in [0.2, 0.25) is 11.8 Å². The Morgan fingerprint density at radius 3 is 1.52 bits per heavy atom. The van der Waals surface area contributed by atoms with Crippen LogP contribution in [0.25, 0.3) is 0 Å². The number of carbonyl (C=O) groups is 2. The minimum atomic E-state index is -0.630. The second-order valence-corrected chi connectivity index (χ2v) is 6.69. The van der Waals surface area contributed by atoms with Crippen LogP contribution in [0.15, 0.2) is 36.4 Å². The lowest BCUT2D eigenvalue weighted by Crippen LogP contribution is -2.16. The zero-order chi connectivity index (χ0) is 24.4. The van der Waals surface area contributed by atoms with E-state index in [0.717, 1.165) is 0 Å². The summed E-state index contributed by atoms with van der Waals surface area (Å²) in [6, 6.07) is 8.19. The maximum Gasteiger partial charge on any atom is 0.296 e. The number of ether oxygens (including phenoxy) is 2. The second-order valence-electron chi connectivity index (χ2n) is 6.69. The molecule has 12 nitrogen and oxygen atoms in total. The minimum absolute atomic E-state index is 0.0166. The number of benzene rings is 2. The van der Waals surface area contributed by atoms with Gasteiger partial charge < -0.3 is 20.1 Å². The van der Waals surface area contributed by atoms with Crippen molar-refractivity contribution in [1.82, 2.24) is 0 Å². The van der Waals surface area contributed by atoms with Crippen molar-refractivity contribution >= 4 is 34.6 Å². The van der Waals surface area contributed by atoms with Crippen molar-refractivity contribution in [3.05, 3.63) is 56.6 Å². The lowest BCUT2D eigenvalue weighted by Gasteiger charge is -2.09. The van der Waals surface area contributed by atoms with E-state index in [1.165, 1.54) is 36.4 Å². The fourth-order valence-electron chi connectivity index (χ4n) is 2.88. The van der Waals surface area contributed by atoms with E-state index in [0.29, 0.717) is 24.7 Å². The van der Waals surface area contributed by atoms with Crippen LogP contribution in [-0.2, 0) is 9.59 Å². The summed E-state index contributed by atoms with van der Waals surface area (Å²) in [6.45, 7) is 4.16. The van der Waals surface area contributed by atoms with Gasteiger partial charge in [-0.3, -0.25) is 29.8 Å². The van der Waals surface area contributed by atoms with Gasteiger partial charge in [0.25, 0.3) is 11.4 Å². The van der Waals surface area contributed by atoms with Gasteiger partial charge in [0.05, 0.1) is 35.2 Å². The molecule has 176 valence electrons. The number of anilines is 2. The molecule has 0 aromatic heterocycles. The van der Waals surface area contributed by atoms with Crippen LogP contribution in [0.2, 0.25) is 0 Å². The molecule has 0 spiro atoms. The zero-order valence-corrected chi connectivity index (χ0v) is 18.2. The van der Waals surface area contributed by atoms with Crippen molar-refractivity contribution < 1.29 is 28.9 Å². The number of nitrogens with zero attached hydrogens (tertiary/aromatic N) is 2. The van der Waals surface area contributed by atoms with E-state index in [9.17, 15) is 29.8 Å². The zero-order valence-electron chi connectivity index (χ0n) is 18.2. The first kappa shape index (κ1) is 25.0. The molecule has 0 unspecified atom stereocenters. The van der Waals surface area contributed by atoms with Crippen LogP contribution in [0.1, 0.15) is 33.1 Å². The predicted molar refractivity (Wildman–Crippen MR) is 120 cm³/mol. The number of rotatable bonds is 12. The number of nitro benzene ring substituents is 2. The van der Waals surface area contributed by atoms with E-state index < -0.39 is 21.7 Å². The van der Waals surface area contributed by atoms with Crippen LogP contribution >= 0.6 is 0 Å². The highest BCUT2D eigenvalue weighted by atomic mass is 16.6. The van der Waals surface area contributed by atoms with Crippen molar-refractivity contribution in [3.8, 4) is 11.5 Å². The molecule has 0 atom stereocenters. The van der Waals surface area contributed by atoms with E-state index in [1.807, 2.05) is 0 Å². The summed E-state index contributed by atoms with van der Waals surface area (Å²) < 4.78 is 10.5. The largest absolute Gasteiger partial charge is 0.494 e. The van der Waals surface area contributed by atoms with Crippen LogP contribution in [0.5, 0.6) is 11.5 Å². The Kier molecular flexibility index (Phi) is 9.09. The summed E-state index contributed by atoms with van der Waals surface area (Å²) in [5, 5.41) is 27.4. The molecule has 0 aliphatic heterocycles. The Morgan fingerprint density at radius 1 is 0.788 bits per heavy atom. The Bertz CT molecular complexity index is 959. The van der Waals surface area contributed by atoms with E-state index >= 15 is 0 Å². The monoisotopic (exact) mass is 460 g/mol. The molecule has 2 rings (SSSR count). The molecule has 0 saturated heterocycles. The lowest BCUT2D eigenvalue weighted by molar-refractivity contribution is -0.384. The molecule has 0 heterocycles. The van der Waals surface area contributed by atoms with Gasteiger partial charge in [-0.25, -0.2) is 0 Å². The molecule has 0 aliphatic carbocycles. The molecule has 2 amide bonds. The van der Waals surface area contributed by atoms with Gasteiger partial charge in [-0.15, -0.1) is 0 Å². The van der Waals surface area contributed by atoms with Crippen LogP contribution in [0, 0.1) is 20.2 Å². The highest BCUT2D eigenvalue weighted by Gasteiger charge is 2.19. The van der Waals surface area contributed by atoms with Crippen molar-refractivity contribution in [2.75, 3.05) is 23.8 Å². The minimum Gasteiger partial charge on any atom is -0.494 e. The van der Waals surface area contributed by atoms with Crippen molar-refractivity contribution in [1.29, 1.82) is 0 Å². The maximum atomic E-state index is 12.2. The third-order valence-electron chi connectivity index (χ3n) is 4.31. The molecule has 33 heavy (non-hydrogen) atoms. The number of hydrogen-bond donors (Lipinski definition) is 2. The van der Waals surface area contributed by atoms with Gasteiger partial charge in [0, 0.05) is 12.8 Å². The molecule has 0 radical (unpaired) electrons. The lowest BCUT2D eigenvalue weighted by atomic mass is 10.2. The third kappa shape index (κ3) is 7.45. The predicted octanol–water partition coefficient (Wildman–Crippen LogP) is 4.05. The fourth-order valence-corrected chi connectivity index (χ4v) is 2.88. The molecule has 2 aromatic carbocycles. The summed E-state index contributed by atoms with van der Waals surface area (Å²) >= 11 is 0. The number of amides is 2. The van der Waals surface area contributed by atoms with Gasteiger partial charge in [-0.2, -0.15) is 0 Å². The molecular weight excluding hydrogens is 436 g/mol. The Morgan fingerprint density at radius 2 is 1.18 bits per heavy atom. The summed E-state index contributed by atoms with van der Waals surface area (Å²) in [6.07, 6.45) is -0.0281. The summed E-state index contributed by atoms with van der Waals surface area (Å²) in [5.41, 5.74) is -0.587. The quantitative estimate of drug-likeness (QED) is 0.354. The first-order chi connectivity index (χ1) is 15.7.